The summed E-state index contributed by atoms with van der Waals surface area (Å²) in [4.78, 5) is 11.6. The monoisotopic (exact) mass is 312 g/mol. The highest BCUT2D eigenvalue weighted by molar-refractivity contribution is 5.81. The topological polar surface area (TPSA) is 64.3 Å². The Balaban J connectivity index is 1.92. The van der Waals surface area contributed by atoms with Crippen molar-refractivity contribution >= 4 is 5.91 Å². The Morgan fingerprint density at radius 1 is 1.17 bits per heavy atom. The largest absolute Gasteiger partial charge is 0.489 e. The molecule has 4 nitrogen and oxygen atoms in total. The van der Waals surface area contributed by atoms with Crippen molar-refractivity contribution in [2.75, 3.05) is 0 Å². The normalized spacial score (nSPS) is 13.2. The number of ether oxygens (including phenoxy) is 1. The Hall–Kier alpha value is -2.33. The fourth-order valence-corrected chi connectivity index (χ4v) is 2.25. The summed E-state index contributed by atoms with van der Waals surface area (Å²) in [6.45, 7) is 6.21. The van der Waals surface area contributed by atoms with Crippen molar-refractivity contribution in [3.8, 4) is 5.75 Å². The summed E-state index contributed by atoms with van der Waals surface area (Å²) in [6.07, 6.45) is 0. The van der Waals surface area contributed by atoms with Crippen LogP contribution in [0.15, 0.2) is 48.5 Å². The zero-order chi connectivity index (χ0) is 16.8. The minimum absolute atomic E-state index is 0.0840. The molecule has 0 spiro atoms. The highest BCUT2D eigenvalue weighted by Gasteiger charge is 2.12. The van der Waals surface area contributed by atoms with Crippen LogP contribution >= 0.6 is 0 Å². The lowest BCUT2D eigenvalue weighted by molar-refractivity contribution is -0.122. The Labute approximate surface area is 137 Å². The van der Waals surface area contributed by atoms with E-state index >= 15 is 0 Å². The standard InChI is InChI=1S/C19H24N2O2/c1-13-5-4-6-16(11-13)12-23-18-9-7-17(8-10-18)15(3)21-19(22)14(2)20/h4-11,14-15H,12,20H2,1-3H3,(H,21,22)/t14-,15?/m1/s1. The van der Waals surface area contributed by atoms with Crippen LogP contribution in [0.1, 0.15) is 36.6 Å². The van der Waals surface area contributed by atoms with Crippen LogP contribution in [0.2, 0.25) is 0 Å². The second kappa shape index (κ2) is 7.79. The molecule has 0 heterocycles. The van der Waals surface area contributed by atoms with Gasteiger partial charge in [-0.2, -0.15) is 0 Å². The molecule has 4 heteroatoms. The first-order chi connectivity index (χ1) is 11.0. The zero-order valence-corrected chi connectivity index (χ0v) is 13.9. The Kier molecular flexibility index (Phi) is 5.77. The molecule has 23 heavy (non-hydrogen) atoms. The number of amides is 1. The van der Waals surface area contributed by atoms with E-state index in [1.807, 2.05) is 43.3 Å². The van der Waals surface area contributed by atoms with E-state index in [1.165, 1.54) is 5.56 Å². The summed E-state index contributed by atoms with van der Waals surface area (Å²) < 4.78 is 5.79. The number of hydrogen-bond acceptors (Lipinski definition) is 3. The predicted molar refractivity (Wildman–Crippen MR) is 92.2 cm³/mol. The van der Waals surface area contributed by atoms with Gasteiger partial charge in [0.2, 0.25) is 5.91 Å². The highest BCUT2D eigenvalue weighted by Crippen LogP contribution is 2.19. The molecule has 0 aliphatic carbocycles. The fraction of sp³-hybridized carbons (Fsp3) is 0.316. The molecule has 2 rings (SSSR count). The van der Waals surface area contributed by atoms with Gasteiger partial charge in [-0.3, -0.25) is 4.79 Å². The minimum atomic E-state index is -0.505. The molecule has 0 bridgehead atoms. The number of nitrogens with two attached hydrogens (primary N) is 1. The van der Waals surface area contributed by atoms with Gasteiger partial charge in [0.1, 0.15) is 12.4 Å². The van der Waals surface area contributed by atoms with E-state index in [9.17, 15) is 4.79 Å². The van der Waals surface area contributed by atoms with Crippen molar-refractivity contribution in [1.29, 1.82) is 0 Å². The SMILES string of the molecule is Cc1cccc(COc2ccc(C(C)NC(=O)[C@@H](C)N)cc2)c1. The first-order valence-corrected chi connectivity index (χ1v) is 7.80. The van der Waals surface area contributed by atoms with E-state index in [1.54, 1.807) is 6.92 Å². The van der Waals surface area contributed by atoms with Crippen molar-refractivity contribution in [3.63, 3.8) is 0 Å². The van der Waals surface area contributed by atoms with Gasteiger partial charge in [0, 0.05) is 0 Å². The average Bonchev–Trinajstić information content (AvgIpc) is 2.53. The lowest BCUT2D eigenvalue weighted by Gasteiger charge is -2.16. The molecule has 0 fully saturated rings. The van der Waals surface area contributed by atoms with Crippen LogP contribution in [0.25, 0.3) is 0 Å². The fourth-order valence-electron chi connectivity index (χ4n) is 2.25. The molecule has 2 aromatic carbocycles. The third-order valence-electron chi connectivity index (χ3n) is 3.64. The molecule has 0 aliphatic rings. The molecule has 3 N–H and O–H groups in total. The van der Waals surface area contributed by atoms with Crippen LogP contribution in [0, 0.1) is 6.92 Å². The molecule has 0 radical (unpaired) electrons. The third kappa shape index (κ3) is 5.11. The quantitative estimate of drug-likeness (QED) is 0.861. The number of carbonyl (C=O) groups is 1. The van der Waals surface area contributed by atoms with Gasteiger partial charge in [-0.05, 0) is 44.0 Å². The summed E-state index contributed by atoms with van der Waals surface area (Å²) in [5.74, 6) is 0.651. The van der Waals surface area contributed by atoms with Crippen LogP contribution in [-0.4, -0.2) is 11.9 Å². The number of carbonyl (C=O) groups excluding carboxylic acids is 1. The summed E-state index contributed by atoms with van der Waals surface area (Å²) >= 11 is 0. The second-order valence-corrected chi connectivity index (χ2v) is 5.87. The smallest absolute Gasteiger partial charge is 0.237 e. The van der Waals surface area contributed by atoms with Gasteiger partial charge in [0.15, 0.2) is 0 Å². The Bertz CT molecular complexity index is 651. The van der Waals surface area contributed by atoms with Crippen LogP contribution in [0.3, 0.4) is 0 Å². The van der Waals surface area contributed by atoms with Gasteiger partial charge >= 0.3 is 0 Å². The van der Waals surface area contributed by atoms with E-state index in [2.05, 4.69) is 24.4 Å². The van der Waals surface area contributed by atoms with E-state index in [0.717, 1.165) is 16.9 Å². The van der Waals surface area contributed by atoms with Gasteiger partial charge in [0.25, 0.3) is 0 Å². The Morgan fingerprint density at radius 3 is 2.48 bits per heavy atom. The van der Waals surface area contributed by atoms with E-state index in [4.69, 9.17) is 10.5 Å². The lowest BCUT2D eigenvalue weighted by Crippen LogP contribution is -2.39. The van der Waals surface area contributed by atoms with Crippen LogP contribution in [0.4, 0.5) is 0 Å². The molecule has 2 atom stereocenters. The van der Waals surface area contributed by atoms with Crippen LogP contribution in [0.5, 0.6) is 5.75 Å². The van der Waals surface area contributed by atoms with Crippen molar-refractivity contribution < 1.29 is 9.53 Å². The van der Waals surface area contributed by atoms with Crippen LogP contribution in [-0.2, 0) is 11.4 Å². The predicted octanol–water partition coefficient (Wildman–Crippen LogP) is 3.10. The average molecular weight is 312 g/mol. The summed E-state index contributed by atoms with van der Waals surface area (Å²) in [6, 6.07) is 15.4. The maximum absolute atomic E-state index is 11.6. The van der Waals surface area contributed by atoms with E-state index in [-0.39, 0.29) is 11.9 Å². The van der Waals surface area contributed by atoms with Gasteiger partial charge in [-0.25, -0.2) is 0 Å². The van der Waals surface area contributed by atoms with Crippen molar-refractivity contribution in [1.82, 2.24) is 5.32 Å². The molecular formula is C19H24N2O2. The molecule has 0 saturated carbocycles. The Morgan fingerprint density at radius 2 is 1.87 bits per heavy atom. The molecule has 0 aromatic heterocycles. The number of nitrogens with one attached hydrogen (secondary N) is 1. The first-order valence-electron chi connectivity index (χ1n) is 7.80. The molecule has 0 saturated heterocycles. The molecule has 0 aliphatic heterocycles. The first kappa shape index (κ1) is 17.0. The number of benzene rings is 2. The summed E-state index contributed by atoms with van der Waals surface area (Å²) in [5, 5.41) is 2.87. The minimum Gasteiger partial charge on any atom is -0.489 e. The lowest BCUT2D eigenvalue weighted by atomic mass is 10.1. The van der Waals surface area contributed by atoms with Gasteiger partial charge in [-0.1, -0.05) is 42.0 Å². The van der Waals surface area contributed by atoms with Crippen molar-refractivity contribution in [2.24, 2.45) is 5.73 Å². The highest BCUT2D eigenvalue weighted by atomic mass is 16.5. The van der Waals surface area contributed by atoms with Crippen molar-refractivity contribution in [3.05, 3.63) is 65.2 Å². The maximum Gasteiger partial charge on any atom is 0.237 e. The van der Waals surface area contributed by atoms with Gasteiger partial charge in [-0.15, -0.1) is 0 Å². The third-order valence-corrected chi connectivity index (χ3v) is 3.64. The number of hydrogen-bond donors (Lipinski definition) is 2. The maximum atomic E-state index is 11.6. The molecule has 1 amide bonds. The number of aryl methyl sites for hydroxylation is 1. The molecule has 1 unspecified atom stereocenters. The summed E-state index contributed by atoms with van der Waals surface area (Å²) in [5.41, 5.74) is 8.94. The van der Waals surface area contributed by atoms with Gasteiger partial charge in [0.05, 0.1) is 12.1 Å². The van der Waals surface area contributed by atoms with Crippen molar-refractivity contribution in [2.45, 2.75) is 39.5 Å². The van der Waals surface area contributed by atoms with Crippen LogP contribution < -0.4 is 15.8 Å². The molecule has 122 valence electrons. The van der Waals surface area contributed by atoms with E-state index in [0.29, 0.717) is 6.61 Å². The van der Waals surface area contributed by atoms with E-state index < -0.39 is 6.04 Å². The molecular weight excluding hydrogens is 288 g/mol. The second-order valence-electron chi connectivity index (χ2n) is 5.87. The zero-order valence-electron chi connectivity index (χ0n) is 13.9. The van der Waals surface area contributed by atoms with Gasteiger partial charge < -0.3 is 15.8 Å². The molecule has 2 aromatic rings. The number of rotatable bonds is 6. The summed E-state index contributed by atoms with van der Waals surface area (Å²) in [7, 11) is 0.